The van der Waals surface area contributed by atoms with Crippen molar-refractivity contribution in [3.8, 4) is 17.6 Å². The maximum atomic E-state index is 13.1. The summed E-state index contributed by atoms with van der Waals surface area (Å²) in [5.41, 5.74) is 10.3. The molecule has 1 amide bonds. The van der Waals surface area contributed by atoms with E-state index in [9.17, 15) is 10.1 Å². The first kappa shape index (κ1) is 33.0. The highest BCUT2D eigenvalue weighted by atomic mass is 32.2. The summed E-state index contributed by atoms with van der Waals surface area (Å²) in [7, 11) is 6.08. The van der Waals surface area contributed by atoms with Gasteiger partial charge < -0.3 is 39.8 Å². The molecule has 0 bridgehead atoms. The summed E-state index contributed by atoms with van der Waals surface area (Å²) >= 11 is 1.46. The van der Waals surface area contributed by atoms with E-state index in [0.717, 1.165) is 53.1 Å². The van der Waals surface area contributed by atoms with Crippen LogP contribution in [0.15, 0.2) is 70.5 Å². The third-order valence-corrected chi connectivity index (χ3v) is 9.94. The Morgan fingerprint density at radius 2 is 1.82 bits per heavy atom. The van der Waals surface area contributed by atoms with Gasteiger partial charge in [-0.1, -0.05) is 18.2 Å². The average Bonchev–Trinajstić information content (AvgIpc) is 3.73. The smallest absolute Gasteiger partial charge is 0.261 e. The molecule has 13 nitrogen and oxygen atoms in total. The number of piperazine rings is 1. The van der Waals surface area contributed by atoms with Gasteiger partial charge in [0, 0.05) is 76.1 Å². The summed E-state index contributed by atoms with van der Waals surface area (Å²) in [5, 5.41) is 15.6. The van der Waals surface area contributed by atoms with E-state index in [-0.39, 0.29) is 18.2 Å². The van der Waals surface area contributed by atoms with Gasteiger partial charge in [0.15, 0.2) is 33.6 Å². The van der Waals surface area contributed by atoms with E-state index in [2.05, 4.69) is 56.4 Å². The fourth-order valence-electron chi connectivity index (χ4n) is 6.11. The molecule has 0 unspecified atom stereocenters. The second kappa shape index (κ2) is 14.1. The van der Waals surface area contributed by atoms with Crippen LogP contribution in [0.4, 0.5) is 17.2 Å². The second-order valence-corrected chi connectivity index (χ2v) is 13.5. The van der Waals surface area contributed by atoms with Crippen molar-refractivity contribution in [3.05, 3.63) is 66.0 Å². The van der Waals surface area contributed by atoms with Crippen LogP contribution in [0.2, 0.25) is 0 Å². The van der Waals surface area contributed by atoms with Gasteiger partial charge in [-0.2, -0.15) is 5.26 Å². The van der Waals surface area contributed by atoms with Crippen LogP contribution in [0.5, 0.6) is 11.5 Å². The Bertz CT molecular complexity index is 2150. The van der Waals surface area contributed by atoms with Gasteiger partial charge >= 0.3 is 0 Å². The molecule has 0 spiro atoms. The Morgan fingerprint density at radius 1 is 1.06 bits per heavy atom. The number of amides is 1. The molecule has 1 saturated heterocycles. The van der Waals surface area contributed by atoms with Crippen LogP contribution in [0.3, 0.4) is 0 Å². The minimum Gasteiger partial charge on any atom is -0.454 e. The molecule has 0 saturated carbocycles. The molecule has 5 aromatic rings. The van der Waals surface area contributed by atoms with Gasteiger partial charge in [0.25, 0.3) is 5.91 Å². The first-order chi connectivity index (χ1) is 24.3. The van der Waals surface area contributed by atoms with Crippen molar-refractivity contribution in [2.24, 2.45) is 0 Å². The Kier molecular flexibility index (Phi) is 9.34. The Hall–Kier alpha value is -5.52. The highest BCUT2D eigenvalue weighted by Crippen LogP contribution is 2.44. The van der Waals surface area contributed by atoms with Crippen molar-refractivity contribution in [3.63, 3.8) is 0 Å². The first-order valence-electron chi connectivity index (χ1n) is 16.4. The number of carbonyl (C=O) groups excluding carboxylic acids is 1. The van der Waals surface area contributed by atoms with E-state index >= 15 is 0 Å². The molecule has 1 fully saturated rings. The van der Waals surface area contributed by atoms with Gasteiger partial charge in [-0.25, -0.2) is 15.0 Å². The molecule has 7 rings (SSSR count). The number of aryl methyl sites for hydroxylation is 1. The van der Waals surface area contributed by atoms with Crippen LogP contribution in [0.1, 0.15) is 12.0 Å². The number of nitriles is 1. The molecule has 256 valence electrons. The lowest BCUT2D eigenvalue weighted by atomic mass is 10.0. The average molecular weight is 691 g/mol. The number of aromatic nitrogens is 4. The topological polar surface area (TPSA) is 151 Å². The minimum atomic E-state index is -0.425. The summed E-state index contributed by atoms with van der Waals surface area (Å²) in [6.07, 6.45) is 3.61. The van der Waals surface area contributed by atoms with E-state index in [4.69, 9.17) is 20.2 Å². The lowest BCUT2D eigenvalue weighted by molar-refractivity contribution is -0.117. The highest BCUT2D eigenvalue weighted by molar-refractivity contribution is 7.99. The van der Waals surface area contributed by atoms with Crippen molar-refractivity contribution in [2.45, 2.75) is 23.0 Å². The molecule has 14 heteroatoms. The van der Waals surface area contributed by atoms with Gasteiger partial charge in [-0.05, 0) is 65.8 Å². The maximum absolute atomic E-state index is 13.1. The van der Waals surface area contributed by atoms with E-state index in [1.807, 2.05) is 53.9 Å². The minimum absolute atomic E-state index is 0.0438. The third kappa shape index (κ3) is 6.83. The van der Waals surface area contributed by atoms with E-state index in [1.54, 1.807) is 6.08 Å². The summed E-state index contributed by atoms with van der Waals surface area (Å²) in [6, 6.07) is 18.4. The lowest BCUT2D eigenvalue weighted by Crippen LogP contribution is -2.44. The fraction of sp³-hybridized carbons (Fsp3) is 0.306. The van der Waals surface area contributed by atoms with Gasteiger partial charge in [0.1, 0.15) is 18.0 Å². The number of imidazole rings is 1. The number of hydrogen-bond acceptors (Lipinski definition) is 12. The number of nitrogen functional groups attached to an aromatic ring is 1. The fourth-order valence-corrected chi connectivity index (χ4v) is 7.24. The summed E-state index contributed by atoms with van der Waals surface area (Å²) < 4.78 is 13.2. The molecule has 2 aromatic heterocycles. The quantitative estimate of drug-likeness (QED) is 0.122. The van der Waals surface area contributed by atoms with Crippen molar-refractivity contribution >= 4 is 62.9 Å². The molecule has 50 heavy (non-hydrogen) atoms. The van der Waals surface area contributed by atoms with Crippen LogP contribution in [-0.4, -0.2) is 91.0 Å². The zero-order valence-corrected chi connectivity index (χ0v) is 29.0. The van der Waals surface area contributed by atoms with Gasteiger partial charge in [-0.3, -0.25) is 4.79 Å². The summed E-state index contributed by atoms with van der Waals surface area (Å²) in [5.74, 6) is 1.23. The standard InChI is InChI=1S/C36H38N10O3S/c1-43(2)28-18-29-30(49-22-48-29)19-31(28)50-36-42-32-33(38)40-21-41-34(32)46(36)10-4-9-39-35(47)26(20-37)16-23-5-6-25-17-27(8-7-24(25)15-23)45-13-11-44(3)12-14-45/h5-8,15-19,21H,4,9-14,22H2,1-3H3,(H,39,47)(H2,38,40,41). The van der Waals surface area contributed by atoms with E-state index in [1.165, 1.54) is 23.8 Å². The number of carbonyl (C=O) groups is 1. The van der Waals surface area contributed by atoms with Crippen LogP contribution >= 0.6 is 11.8 Å². The predicted octanol–water partition coefficient (Wildman–Crippen LogP) is 4.37. The Balaban J connectivity index is 1.03. The summed E-state index contributed by atoms with van der Waals surface area (Å²) in [4.78, 5) is 34.2. The number of benzene rings is 3. The van der Waals surface area contributed by atoms with Gasteiger partial charge in [-0.15, -0.1) is 0 Å². The van der Waals surface area contributed by atoms with Crippen LogP contribution in [-0.2, 0) is 11.3 Å². The molecule has 0 aliphatic carbocycles. The molecule has 2 aliphatic rings. The Labute approximate surface area is 294 Å². The van der Waals surface area contributed by atoms with Gasteiger partial charge in [0.05, 0.1) is 5.69 Å². The van der Waals surface area contributed by atoms with E-state index in [0.29, 0.717) is 47.3 Å². The summed E-state index contributed by atoms with van der Waals surface area (Å²) in [6.45, 7) is 5.10. The third-order valence-electron chi connectivity index (χ3n) is 8.90. The number of nitrogens with two attached hydrogens (primary N) is 1. The number of nitrogens with zero attached hydrogens (tertiary/aromatic N) is 8. The van der Waals surface area contributed by atoms with Crippen LogP contribution in [0, 0.1) is 11.3 Å². The number of nitrogens with one attached hydrogen (secondary N) is 1. The first-order valence-corrected chi connectivity index (χ1v) is 17.2. The van der Waals surface area contributed by atoms with Crippen molar-refractivity contribution in [1.82, 2.24) is 29.7 Å². The van der Waals surface area contributed by atoms with Crippen molar-refractivity contribution in [2.75, 3.05) is 76.2 Å². The zero-order valence-electron chi connectivity index (χ0n) is 28.2. The van der Waals surface area contributed by atoms with Crippen LogP contribution < -0.4 is 30.3 Å². The highest BCUT2D eigenvalue weighted by Gasteiger charge is 2.22. The molecule has 4 heterocycles. The number of ether oxygens (including phenoxy) is 2. The van der Waals surface area contributed by atoms with Gasteiger partial charge in [0.2, 0.25) is 6.79 Å². The zero-order chi connectivity index (χ0) is 34.8. The lowest BCUT2D eigenvalue weighted by Gasteiger charge is -2.34. The van der Waals surface area contributed by atoms with E-state index < -0.39 is 5.91 Å². The number of rotatable bonds is 10. The molecule has 0 radical (unpaired) electrons. The monoisotopic (exact) mass is 690 g/mol. The largest absolute Gasteiger partial charge is 0.454 e. The molecule has 3 aromatic carbocycles. The van der Waals surface area contributed by atoms with Crippen molar-refractivity contribution < 1.29 is 14.3 Å². The van der Waals surface area contributed by atoms with Crippen LogP contribution in [0.25, 0.3) is 28.0 Å². The number of anilines is 3. The normalized spacial score (nSPS) is 14.7. The number of likely N-dealkylation sites (N-methyl/N-ethyl adjacent to an activating group) is 1. The molecule has 3 N–H and O–H groups in total. The molecular weight excluding hydrogens is 653 g/mol. The molecular formula is C36H38N10O3S. The predicted molar refractivity (Wildman–Crippen MR) is 196 cm³/mol. The number of hydrogen-bond donors (Lipinski definition) is 2. The molecule has 0 atom stereocenters. The molecule has 2 aliphatic heterocycles. The van der Waals surface area contributed by atoms with Crippen molar-refractivity contribution in [1.29, 1.82) is 5.26 Å². The maximum Gasteiger partial charge on any atom is 0.261 e. The Morgan fingerprint density at radius 3 is 2.60 bits per heavy atom. The SMILES string of the molecule is CN1CCN(c2ccc3cc(C=C(C#N)C(=O)NCCCn4c(Sc5cc6c(cc5N(C)C)OCO6)nc5c(N)ncnc54)ccc3c2)CC1. The number of fused-ring (bicyclic) bond motifs is 3. The second-order valence-electron chi connectivity index (χ2n) is 12.5.